The third-order valence-corrected chi connectivity index (χ3v) is 3.66. The molecule has 2 aromatic carbocycles. The van der Waals surface area contributed by atoms with Crippen LogP contribution in [0.2, 0.25) is 0 Å². The van der Waals surface area contributed by atoms with Crippen molar-refractivity contribution in [3.63, 3.8) is 0 Å². The predicted octanol–water partition coefficient (Wildman–Crippen LogP) is 2.67. The van der Waals surface area contributed by atoms with Gasteiger partial charge in [-0.3, -0.25) is 9.59 Å². The third-order valence-electron chi connectivity index (χ3n) is 3.66. The van der Waals surface area contributed by atoms with Crippen LogP contribution in [-0.2, 0) is 16.1 Å². The second kappa shape index (κ2) is 9.38. The number of rotatable bonds is 8. The minimum absolute atomic E-state index is 0.0546. The second-order valence-electron chi connectivity index (χ2n) is 6.23. The van der Waals surface area contributed by atoms with Crippen LogP contribution in [-0.4, -0.2) is 29.5 Å². The largest absolute Gasteiger partial charge is 0.482 e. The number of amides is 2. The molecular formula is C20H22N2O5. The summed E-state index contributed by atoms with van der Waals surface area (Å²) in [6.07, 6.45) is 0. The molecule has 3 N–H and O–H groups in total. The Morgan fingerprint density at radius 2 is 1.78 bits per heavy atom. The van der Waals surface area contributed by atoms with E-state index in [0.29, 0.717) is 23.5 Å². The zero-order valence-corrected chi connectivity index (χ0v) is 15.2. The van der Waals surface area contributed by atoms with E-state index in [0.717, 1.165) is 5.56 Å². The molecule has 0 spiro atoms. The van der Waals surface area contributed by atoms with Gasteiger partial charge in [0, 0.05) is 23.7 Å². The lowest BCUT2D eigenvalue weighted by atomic mass is 10.1. The van der Waals surface area contributed by atoms with Gasteiger partial charge in [-0.15, -0.1) is 0 Å². The fourth-order valence-corrected chi connectivity index (χ4v) is 2.15. The average Bonchev–Trinajstić information content (AvgIpc) is 2.65. The Morgan fingerprint density at radius 1 is 1.07 bits per heavy atom. The highest BCUT2D eigenvalue weighted by Crippen LogP contribution is 2.14. The first-order valence-electron chi connectivity index (χ1n) is 8.48. The highest BCUT2D eigenvalue weighted by molar-refractivity contribution is 5.94. The topological polar surface area (TPSA) is 105 Å². The highest BCUT2D eigenvalue weighted by atomic mass is 16.5. The summed E-state index contributed by atoms with van der Waals surface area (Å²) in [6.45, 7) is 3.49. The van der Waals surface area contributed by atoms with Gasteiger partial charge in [-0.2, -0.15) is 0 Å². The minimum Gasteiger partial charge on any atom is -0.482 e. The molecule has 2 aromatic rings. The maximum Gasteiger partial charge on any atom is 0.341 e. The summed E-state index contributed by atoms with van der Waals surface area (Å²) in [5.74, 6) is -1.22. The van der Waals surface area contributed by atoms with Crippen molar-refractivity contribution in [2.45, 2.75) is 20.4 Å². The zero-order valence-electron chi connectivity index (χ0n) is 15.2. The molecule has 0 aliphatic heterocycles. The van der Waals surface area contributed by atoms with E-state index in [2.05, 4.69) is 10.6 Å². The molecular weight excluding hydrogens is 348 g/mol. The molecule has 0 heterocycles. The summed E-state index contributed by atoms with van der Waals surface area (Å²) in [5, 5.41) is 14.2. The summed E-state index contributed by atoms with van der Waals surface area (Å²) in [4.78, 5) is 34.5. The smallest absolute Gasteiger partial charge is 0.341 e. The van der Waals surface area contributed by atoms with Crippen molar-refractivity contribution in [3.05, 3.63) is 59.7 Å². The molecule has 0 fully saturated rings. The van der Waals surface area contributed by atoms with E-state index in [-0.39, 0.29) is 17.7 Å². The molecule has 2 amide bonds. The quantitative estimate of drug-likeness (QED) is 0.663. The fraction of sp³-hybridized carbons (Fsp3) is 0.250. The standard InChI is InChI=1S/C20H22N2O5/c1-13(2)19(25)22-16-8-6-14(7-9-16)11-21-20(26)15-4-3-5-17(10-15)27-12-18(23)24/h3-10,13H,11-12H2,1-2H3,(H,21,26)(H,22,25)(H,23,24). The molecule has 0 aliphatic carbocycles. The van der Waals surface area contributed by atoms with Gasteiger partial charge in [-0.25, -0.2) is 4.79 Å². The average molecular weight is 370 g/mol. The molecule has 0 saturated carbocycles. The van der Waals surface area contributed by atoms with Crippen molar-refractivity contribution in [2.75, 3.05) is 11.9 Å². The van der Waals surface area contributed by atoms with Gasteiger partial charge in [0.25, 0.3) is 5.91 Å². The number of carbonyl (C=O) groups is 3. The summed E-state index contributed by atoms with van der Waals surface area (Å²) in [6, 6.07) is 13.5. The molecule has 0 bridgehead atoms. The Hall–Kier alpha value is -3.35. The van der Waals surface area contributed by atoms with E-state index in [4.69, 9.17) is 9.84 Å². The monoisotopic (exact) mass is 370 g/mol. The van der Waals surface area contributed by atoms with Crippen LogP contribution in [0.4, 0.5) is 5.69 Å². The number of aliphatic carboxylic acids is 1. The number of carboxylic acid groups (broad SMARTS) is 1. The number of hydrogen-bond donors (Lipinski definition) is 3. The first-order valence-corrected chi connectivity index (χ1v) is 8.48. The van der Waals surface area contributed by atoms with Gasteiger partial charge in [-0.1, -0.05) is 32.0 Å². The number of benzene rings is 2. The third kappa shape index (κ3) is 6.47. The van der Waals surface area contributed by atoms with Crippen LogP contribution in [0.25, 0.3) is 0 Å². The van der Waals surface area contributed by atoms with Crippen molar-refractivity contribution in [1.29, 1.82) is 0 Å². The molecule has 7 heteroatoms. The molecule has 0 saturated heterocycles. The Labute approximate surface area is 157 Å². The lowest BCUT2D eigenvalue weighted by molar-refractivity contribution is -0.139. The first-order chi connectivity index (χ1) is 12.8. The van der Waals surface area contributed by atoms with E-state index >= 15 is 0 Å². The molecule has 142 valence electrons. The van der Waals surface area contributed by atoms with Crippen LogP contribution in [0.1, 0.15) is 29.8 Å². The van der Waals surface area contributed by atoms with Crippen LogP contribution in [0.3, 0.4) is 0 Å². The predicted molar refractivity (Wildman–Crippen MR) is 101 cm³/mol. The molecule has 27 heavy (non-hydrogen) atoms. The van der Waals surface area contributed by atoms with E-state index in [1.165, 1.54) is 6.07 Å². The molecule has 0 atom stereocenters. The van der Waals surface area contributed by atoms with Crippen molar-refractivity contribution in [3.8, 4) is 5.75 Å². The SMILES string of the molecule is CC(C)C(=O)Nc1ccc(CNC(=O)c2cccc(OCC(=O)O)c2)cc1. The van der Waals surface area contributed by atoms with E-state index < -0.39 is 12.6 Å². The summed E-state index contributed by atoms with van der Waals surface area (Å²) < 4.78 is 5.07. The number of hydrogen-bond acceptors (Lipinski definition) is 4. The van der Waals surface area contributed by atoms with E-state index in [1.807, 2.05) is 26.0 Å². The fourth-order valence-electron chi connectivity index (χ4n) is 2.15. The Bertz CT molecular complexity index is 815. The number of ether oxygens (including phenoxy) is 1. The molecule has 0 aliphatic rings. The normalized spacial score (nSPS) is 10.3. The lowest BCUT2D eigenvalue weighted by Crippen LogP contribution is -2.23. The number of nitrogens with one attached hydrogen (secondary N) is 2. The Kier molecular flexibility index (Phi) is 6.93. The van der Waals surface area contributed by atoms with Gasteiger partial charge < -0.3 is 20.5 Å². The lowest BCUT2D eigenvalue weighted by Gasteiger charge is -2.10. The van der Waals surface area contributed by atoms with Crippen molar-refractivity contribution < 1.29 is 24.2 Å². The van der Waals surface area contributed by atoms with Crippen molar-refractivity contribution in [1.82, 2.24) is 5.32 Å². The Morgan fingerprint density at radius 3 is 2.41 bits per heavy atom. The molecule has 7 nitrogen and oxygen atoms in total. The van der Waals surface area contributed by atoms with Crippen LogP contribution < -0.4 is 15.4 Å². The minimum atomic E-state index is -1.09. The second-order valence-corrected chi connectivity index (χ2v) is 6.23. The van der Waals surface area contributed by atoms with Gasteiger partial charge in [0.05, 0.1) is 0 Å². The zero-order chi connectivity index (χ0) is 19.8. The molecule has 2 rings (SSSR count). The maximum absolute atomic E-state index is 12.3. The van der Waals surface area contributed by atoms with Crippen LogP contribution >= 0.6 is 0 Å². The first kappa shape index (κ1) is 20.0. The van der Waals surface area contributed by atoms with Gasteiger partial charge in [0.15, 0.2) is 6.61 Å². The van der Waals surface area contributed by atoms with Gasteiger partial charge in [0.2, 0.25) is 5.91 Å². The highest BCUT2D eigenvalue weighted by Gasteiger charge is 2.09. The Balaban J connectivity index is 1.90. The molecule has 0 aromatic heterocycles. The van der Waals surface area contributed by atoms with E-state index in [1.54, 1.807) is 30.3 Å². The van der Waals surface area contributed by atoms with E-state index in [9.17, 15) is 14.4 Å². The van der Waals surface area contributed by atoms with Crippen molar-refractivity contribution in [2.24, 2.45) is 5.92 Å². The summed E-state index contributed by atoms with van der Waals surface area (Å²) in [7, 11) is 0. The molecule has 0 radical (unpaired) electrons. The van der Waals surface area contributed by atoms with Crippen molar-refractivity contribution >= 4 is 23.5 Å². The van der Waals surface area contributed by atoms with Gasteiger partial charge in [0.1, 0.15) is 5.75 Å². The van der Waals surface area contributed by atoms with Crippen LogP contribution in [0, 0.1) is 5.92 Å². The van der Waals surface area contributed by atoms with Gasteiger partial charge >= 0.3 is 5.97 Å². The van der Waals surface area contributed by atoms with Gasteiger partial charge in [-0.05, 0) is 35.9 Å². The van der Waals surface area contributed by atoms with Crippen LogP contribution in [0.15, 0.2) is 48.5 Å². The summed E-state index contributed by atoms with van der Waals surface area (Å²) >= 11 is 0. The number of carboxylic acids is 1. The summed E-state index contributed by atoms with van der Waals surface area (Å²) in [5.41, 5.74) is 1.95. The number of carbonyl (C=O) groups excluding carboxylic acids is 2. The molecule has 0 unspecified atom stereocenters. The van der Waals surface area contributed by atoms with Crippen LogP contribution in [0.5, 0.6) is 5.75 Å². The maximum atomic E-state index is 12.3. The number of anilines is 1.